The second kappa shape index (κ2) is 14.0. The standard InChI is InChI=1S/C40H32NO3.Au/c1-40(2,3)32-19-15-29(16-20-32)38-25-30(28-17-21-33(42-4)22-18-28)26-39(41-38)31-23-36(43-34-11-7-5-8-12-34)27-37(24-31)44-35-13-9-6-10-14-35;/h5-13,15,17-23,25-27H,1-4H3;/q-3;+3. The van der Waals surface area contributed by atoms with Gasteiger partial charge in [-0.1, -0.05) is 75.4 Å². The molecule has 0 fully saturated rings. The number of pyridine rings is 1. The van der Waals surface area contributed by atoms with Crippen LogP contribution < -0.4 is 14.2 Å². The Morgan fingerprint density at radius 1 is 0.600 bits per heavy atom. The Morgan fingerprint density at radius 2 is 1.33 bits per heavy atom. The molecule has 0 saturated carbocycles. The van der Waals surface area contributed by atoms with E-state index in [2.05, 4.69) is 69.3 Å². The second-order valence-electron chi connectivity index (χ2n) is 11.4. The van der Waals surface area contributed by atoms with Crippen LogP contribution in [0.15, 0.2) is 121 Å². The van der Waals surface area contributed by atoms with Crippen molar-refractivity contribution in [3.8, 4) is 62.4 Å². The van der Waals surface area contributed by atoms with Gasteiger partial charge in [-0.25, -0.2) is 0 Å². The zero-order valence-electron chi connectivity index (χ0n) is 25.5. The first-order chi connectivity index (χ1) is 21.3. The Labute approximate surface area is 281 Å². The number of nitrogens with zero attached hydrogens (tertiary/aromatic N) is 1. The van der Waals surface area contributed by atoms with E-state index in [9.17, 15) is 0 Å². The van der Waals surface area contributed by atoms with Crippen molar-refractivity contribution in [3.63, 3.8) is 0 Å². The minimum absolute atomic E-state index is 0. The van der Waals surface area contributed by atoms with E-state index in [-0.39, 0.29) is 27.8 Å². The van der Waals surface area contributed by atoms with Gasteiger partial charge in [0.2, 0.25) is 0 Å². The summed E-state index contributed by atoms with van der Waals surface area (Å²) in [4.78, 5) is 5.12. The molecule has 4 nitrogen and oxygen atoms in total. The third-order valence-corrected chi connectivity index (χ3v) is 7.18. The molecule has 0 saturated heterocycles. The fourth-order valence-electron chi connectivity index (χ4n) is 4.76. The van der Waals surface area contributed by atoms with Gasteiger partial charge in [-0.2, -0.15) is 18.2 Å². The molecule has 0 unspecified atom stereocenters. The van der Waals surface area contributed by atoms with Crippen molar-refractivity contribution in [2.75, 3.05) is 7.11 Å². The predicted octanol–water partition coefficient (Wildman–Crippen LogP) is 10.4. The summed E-state index contributed by atoms with van der Waals surface area (Å²) in [6.45, 7) is 6.59. The Hall–Kier alpha value is -4.61. The van der Waals surface area contributed by atoms with Crippen LogP contribution in [-0.4, -0.2) is 12.1 Å². The summed E-state index contributed by atoms with van der Waals surface area (Å²) >= 11 is 0. The zero-order valence-corrected chi connectivity index (χ0v) is 27.7. The molecule has 0 N–H and O–H groups in total. The van der Waals surface area contributed by atoms with Crippen LogP contribution in [0.1, 0.15) is 26.3 Å². The van der Waals surface area contributed by atoms with Crippen molar-refractivity contribution < 1.29 is 36.6 Å². The van der Waals surface area contributed by atoms with Gasteiger partial charge < -0.3 is 19.2 Å². The molecule has 6 aromatic rings. The summed E-state index contributed by atoms with van der Waals surface area (Å²) in [5, 5.41) is 0. The molecule has 0 aliphatic carbocycles. The van der Waals surface area contributed by atoms with E-state index in [0.717, 1.165) is 45.1 Å². The van der Waals surface area contributed by atoms with Crippen LogP contribution in [-0.2, 0) is 27.8 Å². The second-order valence-corrected chi connectivity index (χ2v) is 11.4. The van der Waals surface area contributed by atoms with E-state index < -0.39 is 0 Å². The van der Waals surface area contributed by atoms with Gasteiger partial charge in [0, 0.05) is 11.5 Å². The Morgan fingerprint density at radius 3 is 1.98 bits per heavy atom. The first-order valence-electron chi connectivity index (χ1n) is 14.5. The molecule has 0 aliphatic rings. The third kappa shape index (κ3) is 7.92. The largest absolute Gasteiger partial charge is 3.00 e. The van der Waals surface area contributed by atoms with E-state index >= 15 is 0 Å². The molecule has 5 heteroatoms. The minimum atomic E-state index is 0. The topological polar surface area (TPSA) is 40.6 Å². The fourth-order valence-corrected chi connectivity index (χ4v) is 4.76. The average molecular weight is 772 g/mol. The van der Waals surface area contributed by atoms with Crippen LogP contribution >= 0.6 is 0 Å². The van der Waals surface area contributed by atoms with Crippen molar-refractivity contribution in [1.82, 2.24) is 4.98 Å². The van der Waals surface area contributed by atoms with Gasteiger partial charge in [0.15, 0.2) is 0 Å². The van der Waals surface area contributed by atoms with Gasteiger partial charge in [-0.05, 0) is 52.2 Å². The average Bonchev–Trinajstić information content (AvgIpc) is 3.05. The number of methoxy groups -OCH3 is 1. The number of benzene rings is 5. The van der Waals surface area contributed by atoms with Gasteiger partial charge in [-0.3, -0.25) is 0 Å². The number of para-hydroxylation sites is 2. The molecule has 5 aromatic carbocycles. The molecule has 1 aromatic heterocycles. The van der Waals surface area contributed by atoms with Crippen molar-refractivity contribution in [2.24, 2.45) is 0 Å². The summed E-state index contributed by atoms with van der Waals surface area (Å²) in [7, 11) is 1.67. The predicted molar refractivity (Wildman–Crippen MR) is 175 cm³/mol. The van der Waals surface area contributed by atoms with Crippen LogP contribution in [0.2, 0.25) is 0 Å². The minimum Gasteiger partial charge on any atom is -0.503 e. The molecule has 1 heterocycles. The van der Waals surface area contributed by atoms with Gasteiger partial charge >= 0.3 is 22.4 Å². The fraction of sp³-hybridized carbons (Fsp3) is 0.125. The first-order valence-corrected chi connectivity index (χ1v) is 14.5. The van der Waals surface area contributed by atoms with Crippen LogP contribution in [0.4, 0.5) is 0 Å². The van der Waals surface area contributed by atoms with E-state index in [1.807, 2.05) is 91.0 Å². The van der Waals surface area contributed by atoms with Gasteiger partial charge in [0.1, 0.15) is 11.5 Å². The van der Waals surface area contributed by atoms with Crippen molar-refractivity contribution >= 4 is 0 Å². The van der Waals surface area contributed by atoms with Crippen LogP contribution in [0.3, 0.4) is 0 Å². The molecule has 0 aliphatic heterocycles. The van der Waals surface area contributed by atoms with Gasteiger partial charge in [0.25, 0.3) is 0 Å². The molecular formula is C40H32AuNO3. The van der Waals surface area contributed by atoms with Crippen LogP contribution in [0, 0.1) is 18.2 Å². The van der Waals surface area contributed by atoms with E-state index in [0.29, 0.717) is 17.2 Å². The number of rotatable bonds is 8. The monoisotopic (exact) mass is 771 g/mol. The number of hydrogen-bond donors (Lipinski definition) is 0. The van der Waals surface area contributed by atoms with Gasteiger partial charge in [0.05, 0.1) is 12.9 Å². The number of hydrogen-bond acceptors (Lipinski definition) is 4. The van der Waals surface area contributed by atoms with Crippen LogP contribution in [0.25, 0.3) is 33.6 Å². The maximum Gasteiger partial charge on any atom is 3.00 e. The maximum absolute atomic E-state index is 6.26. The molecule has 0 bridgehead atoms. The van der Waals surface area contributed by atoms with Gasteiger partial charge in [-0.15, -0.1) is 59.2 Å². The van der Waals surface area contributed by atoms with E-state index in [1.54, 1.807) is 7.11 Å². The molecule has 0 spiro atoms. The normalized spacial score (nSPS) is 10.9. The molecule has 45 heavy (non-hydrogen) atoms. The SMILES string of the molecule is COc1ccc(-c2cc(-c3[c-]cc(C(C)(C)C)cc3)nc(-c3[c-]c(Oc4[c-]cccc4)cc(Oc4ccccc4)c3)c2)cc1.[Au+3]. The zero-order chi connectivity index (χ0) is 30.5. The Balaban J connectivity index is 0.00000400. The number of ether oxygens (including phenoxy) is 3. The first kappa shape index (κ1) is 31.8. The summed E-state index contributed by atoms with van der Waals surface area (Å²) in [6, 6.07) is 49.4. The Kier molecular flexibility index (Phi) is 9.90. The summed E-state index contributed by atoms with van der Waals surface area (Å²) in [5.74, 6) is 3.20. The van der Waals surface area contributed by atoms with E-state index in [4.69, 9.17) is 19.2 Å². The van der Waals surface area contributed by atoms with Crippen molar-refractivity contribution in [2.45, 2.75) is 26.2 Å². The van der Waals surface area contributed by atoms with Crippen LogP contribution in [0.5, 0.6) is 28.7 Å². The molecule has 226 valence electrons. The van der Waals surface area contributed by atoms with E-state index in [1.165, 1.54) is 5.56 Å². The molecular weight excluding hydrogens is 739 g/mol. The summed E-state index contributed by atoms with van der Waals surface area (Å²) in [5.41, 5.74) is 6.44. The smallest absolute Gasteiger partial charge is 0.503 e. The summed E-state index contributed by atoms with van der Waals surface area (Å²) in [6.07, 6.45) is 0. The quantitative estimate of drug-likeness (QED) is 0.114. The number of aromatic nitrogens is 1. The molecule has 0 atom stereocenters. The van der Waals surface area contributed by atoms with Crippen molar-refractivity contribution in [3.05, 3.63) is 145 Å². The third-order valence-electron chi connectivity index (χ3n) is 7.18. The molecule has 0 amide bonds. The Bertz CT molecular complexity index is 1790. The van der Waals surface area contributed by atoms with Crippen molar-refractivity contribution in [1.29, 1.82) is 0 Å². The molecule has 6 rings (SSSR count). The maximum atomic E-state index is 6.26. The summed E-state index contributed by atoms with van der Waals surface area (Å²) < 4.78 is 17.8. The molecule has 0 radical (unpaired) electrons.